The summed E-state index contributed by atoms with van der Waals surface area (Å²) in [5.74, 6) is 3.51. The second-order valence-electron chi connectivity index (χ2n) is 6.03. The second-order valence-corrected chi connectivity index (χ2v) is 7.92. The van der Waals surface area contributed by atoms with E-state index in [0.717, 1.165) is 11.4 Å². The third-order valence-electron chi connectivity index (χ3n) is 4.26. The average Bonchev–Trinajstić information content (AvgIpc) is 3.21. The van der Waals surface area contributed by atoms with Crippen LogP contribution < -0.4 is 21.9 Å². The lowest BCUT2D eigenvalue weighted by molar-refractivity contribution is -0.145. The van der Waals surface area contributed by atoms with Gasteiger partial charge in [-0.15, -0.1) is 0 Å². The van der Waals surface area contributed by atoms with Gasteiger partial charge in [-0.05, 0) is 25.0 Å². The monoisotopic (exact) mass is 413 g/mol. The van der Waals surface area contributed by atoms with Gasteiger partial charge in [0.05, 0.1) is 18.6 Å². The third-order valence-corrected chi connectivity index (χ3v) is 6.18. The molecule has 2 rings (SSSR count). The summed E-state index contributed by atoms with van der Waals surface area (Å²) in [5.41, 5.74) is 1.83. The first-order chi connectivity index (χ1) is 13.3. The minimum absolute atomic E-state index is 0.0838. The van der Waals surface area contributed by atoms with Crippen LogP contribution in [0.3, 0.4) is 0 Å². The highest BCUT2D eigenvalue weighted by atomic mass is 32.2. The third kappa shape index (κ3) is 4.97. The Morgan fingerprint density at radius 1 is 1.29 bits per heavy atom. The maximum atomic E-state index is 12.9. The van der Waals surface area contributed by atoms with Crippen molar-refractivity contribution in [3.8, 4) is 0 Å². The van der Waals surface area contributed by atoms with Crippen LogP contribution in [0.15, 0.2) is 35.2 Å². The zero-order valence-electron chi connectivity index (χ0n) is 15.3. The van der Waals surface area contributed by atoms with E-state index < -0.39 is 40.0 Å². The molecule has 1 aliphatic heterocycles. The molecule has 1 aromatic rings. The van der Waals surface area contributed by atoms with Crippen LogP contribution in [0.2, 0.25) is 0 Å². The lowest BCUT2D eigenvalue weighted by Crippen LogP contribution is -2.55. The number of benzene rings is 1. The standard InChI is InChI=1S/C16H23N5O6S/c1-27-15(23)12(10-18-16(24)20-17)19-14(22)13-8-5-9-21(13)28(25,26)11-6-3-2-4-7-11/h2-4,6-7,12-13H,5,8-10,17H2,1H3,(H,19,22)(H2,18,20,24)/t12-,13+/m1/s1. The van der Waals surface area contributed by atoms with Crippen LogP contribution in [0.4, 0.5) is 4.79 Å². The first kappa shape index (κ1) is 21.6. The number of esters is 1. The number of methoxy groups -OCH3 is 1. The minimum atomic E-state index is -3.86. The summed E-state index contributed by atoms with van der Waals surface area (Å²) in [4.78, 5) is 35.9. The Labute approximate surface area is 162 Å². The molecule has 2 atom stereocenters. The molecule has 1 heterocycles. The predicted octanol–water partition coefficient (Wildman–Crippen LogP) is -1.33. The molecule has 1 aliphatic rings. The Hall–Kier alpha value is -2.70. The molecular formula is C16H23N5O6S. The molecule has 11 nitrogen and oxygen atoms in total. The molecule has 0 aliphatic carbocycles. The number of urea groups is 1. The van der Waals surface area contributed by atoms with Crippen molar-refractivity contribution in [2.45, 2.75) is 29.8 Å². The Kier molecular flexibility index (Phi) is 7.31. The van der Waals surface area contributed by atoms with Crippen molar-refractivity contribution in [3.05, 3.63) is 30.3 Å². The largest absolute Gasteiger partial charge is 0.467 e. The summed E-state index contributed by atoms with van der Waals surface area (Å²) in [6, 6.07) is 4.87. The summed E-state index contributed by atoms with van der Waals surface area (Å²) in [6.45, 7) is -0.0916. The number of hydrazine groups is 1. The quantitative estimate of drug-likeness (QED) is 0.186. The lowest BCUT2D eigenvalue weighted by atomic mass is 10.2. The van der Waals surface area contributed by atoms with Crippen molar-refractivity contribution >= 4 is 27.9 Å². The smallest absolute Gasteiger partial charge is 0.330 e. The highest BCUT2D eigenvalue weighted by Crippen LogP contribution is 2.26. The molecule has 0 radical (unpaired) electrons. The van der Waals surface area contributed by atoms with Gasteiger partial charge >= 0.3 is 12.0 Å². The zero-order chi connectivity index (χ0) is 20.7. The van der Waals surface area contributed by atoms with Crippen LogP contribution in [0, 0.1) is 0 Å². The van der Waals surface area contributed by atoms with Crippen molar-refractivity contribution in [3.63, 3.8) is 0 Å². The normalized spacial score (nSPS) is 18.1. The van der Waals surface area contributed by atoms with Gasteiger partial charge in [0.25, 0.3) is 0 Å². The lowest BCUT2D eigenvalue weighted by Gasteiger charge is -2.25. The highest BCUT2D eigenvalue weighted by molar-refractivity contribution is 7.89. The predicted molar refractivity (Wildman–Crippen MR) is 98.0 cm³/mol. The van der Waals surface area contributed by atoms with Crippen LogP contribution in [0.5, 0.6) is 0 Å². The van der Waals surface area contributed by atoms with Gasteiger partial charge in [-0.25, -0.2) is 23.8 Å². The van der Waals surface area contributed by atoms with E-state index in [2.05, 4.69) is 15.4 Å². The Bertz CT molecular complexity index is 816. The van der Waals surface area contributed by atoms with E-state index in [0.29, 0.717) is 12.8 Å². The summed E-state index contributed by atoms with van der Waals surface area (Å²) < 4.78 is 31.4. The highest BCUT2D eigenvalue weighted by Gasteiger charge is 2.40. The SMILES string of the molecule is COC(=O)[C@@H](CNC(=O)NN)NC(=O)[C@@H]1CCCN1S(=O)(=O)c1ccccc1. The molecule has 0 aromatic heterocycles. The topological polar surface area (TPSA) is 160 Å². The first-order valence-corrected chi connectivity index (χ1v) is 9.94. The van der Waals surface area contributed by atoms with Gasteiger partial charge in [0.1, 0.15) is 12.1 Å². The van der Waals surface area contributed by atoms with E-state index in [1.807, 2.05) is 5.43 Å². The minimum Gasteiger partial charge on any atom is -0.467 e. The van der Waals surface area contributed by atoms with E-state index in [1.165, 1.54) is 12.1 Å². The number of ether oxygens (including phenoxy) is 1. The summed E-state index contributed by atoms with van der Waals surface area (Å²) >= 11 is 0. The van der Waals surface area contributed by atoms with Gasteiger partial charge in [-0.2, -0.15) is 4.31 Å². The van der Waals surface area contributed by atoms with Gasteiger partial charge < -0.3 is 15.4 Å². The maximum Gasteiger partial charge on any atom is 0.330 e. The molecule has 1 fully saturated rings. The van der Waals surface area contributed by atoms with Crippen LogP contribution >= 0.6 is 0 Å². The first-order valence-electron chi connectivity index (χ1n) is 8.50. The summed E-state index contributed by atoms with van der Waals surface area (Å²) in [7, 11) is -2.73. The average molecular weight is 413 g/mol. The van der Waals surface area contributed by atoms with Gasteiger partial charge in [-0.3, -0.25) is 10.2 Å². The van der Waals surface area contributed by atoms with Crippen molar-refractivity contribution in [1.29, 1.82) is 0 Å². The van der Waals surface area contributed by atoms with Gasteiger partial charge in [0.2, 0.25) is 15.9 Å². The maximum absolute atomic E-state index is 12.9. The van der Waals surface area contributed by atoms with E-state index >= 15 is 0 Å². The molecule has 154 valence electrons. The molecule has 3 amide bonds. The van der Waals surface area contributed by atoms with Crippen LogP contribution in [-0.2, 0) is 24.3 Å². The van der Waals surface area contributed by atoms with Crippen molar-refractivity contribution < 1.29 is 27.5 Å². The Balaban J connectivity index is 2.14. The number of nitrogens with zero attached hydrogens (tertiary/aromatic N) is 1. The number of sulfonamides is 1. The second kappa shape index (κ2) is 9.48. The molecule has 28 heavy (non-hydrogen) atoms. The van der Waals surface area contributed by atoms with E-state index in [1.54, 1.807) is 18.2 Å². The fourth-order valence-corrected chi connectivity index (χ4v) is 4.54. The number of carbonyl (C=O) groups excluding carboxylic acids is 3. The van der Waals surface area contributed by atoms with Crippen LogP contribution in [-0.4, -0.2) is 62.9 Å². The molecule has 0 bridgehead atoms. The van der Waals surface area contributed by atoms with E-state index in [9.17, 15) is 22.8 Å². The number of nitrogens with one attached hydrogen (secondary N) is 3. The van der Waals surface area contributed by atoms with Gasteiger partial charge in [0.15, 0.2) is 0 Å². The summed E-state index contributed by atoms with van der Waals surface area (Å²) in [5, 5.41) is 4.73. The van der Waals surface area contributed by atoms with E-state index in [-0.39, 0.29) is 18.0 Å². The number of amides is 3. The number of carbonyl (C=O) groups is 3. The summed E-state index contributed by atoms with van der Waals surface area (Å²) in [6.07, 6.45) is 0.809. The Morgan fingerprint density at radius 2 is 1.96 bits per heavy atom. The van der Waals surface area contributed by atoms with E-state index in [4.69, 9.17) is 5.84 Å². The Morgan fingerprint density at radius 3 is 2.57 bits per heavy atom. The fraction of sp³-hybridized carbons (Fsp3) is 0.438. The van der Waals surface area contributed by atoms with Crippen LogP contribution in [0.25, 0.3) is 0 Å². The fourth-order valence-electron chi connectivity index (χ4n) is 2.87. The molecule has 12 heteroatoms. The molecule has 0 saturated carbocycles. The van der Waals surface area contributed by atoms with Crippen LogP contribution in [0.1, 0.15) is 12.8 Å². The molecule has 5 N–H and O–H groups in total. The number of nitrogens with two attached hydrogens (primary N) is 1. The van der Waals surface area contributed by atoms with Crippen molar-refractivity contribution in [2.75, 3.05) is 20.2 Å². The molecule has 1 saturated heterocycles. The molecule has 0 spiro atoms. The van der Waals surface area contributed by atoms with Gasteiger partial charge in [-0.1, -0.05) is 18.2 Å². The zero-order valence-corrected chi connectivity index (χ0v) is 16.1. The number of rotatable bonds is 7. The molecule has 0 unspecified atom stereocenters. The molecule has 1 aromatic carbocycles. The number of hydrogen-bond donors (Lipinski definition) is 4. The molecular weight excluding hydrogens is 390 g/mol. The van der Waals surface area contributed by atoms with Gasteiger partial charge in [0, 0.05) is 6.54 Å². The number of hydrogen-bond acceptors (Lipinski definition) is 7. The van der Waals surface area contributed by atoms with Crippen molar-refractivity contribution in [2.24, 2.45) is 5.84 Å². The van der Waals surface area contributed by atoms with Crippen molar-refractivity contribution in [1.82, 2.24) is 20.4 Å².